The number of hydrogen-bond acceptors (Lipinski definition) is 4. The summed E-state index contributed by atoms with van der Waals surface area (Å²) >= 11 is 1.60. The number of hydrogen-bond donors (Lipinski definition) is 2. The van der Waals surface area contributed by atoms with Crippen LogP contribution >= 0.6 is 11.3 Å². The van der Waals surface area contributed by atoms with Gasteiger partial charge in [-0.05, 0) is 12.5 Å². The smallest absolute Gasteiger partial charge is 0.225 e. The van der Waals surface area contributed by atoms with Gasteiger partial charge in [0.2, 0.25) is 5.91 Å². The second-order valence-corrected chi connectivity index (χ2v) is 5.08. The normalized spacial score (nSPS) is 18.2. The zero-order valence-electron chi connectivity index (χ0n) is 10.1. The predicted octanol–water partition coefficient (Wildman–Crippen LogP) is 0.711. The fourth-order valence-corrected chi connectivity index (χ4v) is 2.51. The van der Waals surface area contributed by atoms with Gasteiger partial charge in [0.25, 0.3) is 0 Å². The summed E-state index contributed by atoms with van der Waals surface area (Å²) < 4.78 is 5.19. The molecular weight excluding hydrogens is 248 g/mol. The largest absolute Gasteiger partial charge is 0.381 e. The first-order valence-corrected chi connectivity index (χ1v) is 6.79. The first kappa shape index (κ1) is 13.1. The second kappa shape index (κ2) is 6.55. The van der Waals surface area contributed by atoms with Crippen LogP contribution in [0.1, 0.15) is 16.9 Å². The Morgan fingerprint density at radius 3 is 3.28 bits per heavy atom. The highest BCUT2D eigenvalue weighted by molar-refractivity contribution is 7.10. The Kier molecular flexibility index (Phi) is 4.76. The molecule has 1 aromatic heterocycles. The quantitative estimate of drug-likeness (QED) is 0.790. The summed E-state index contributed by atoms with van der Waals surface area (Å²) in [5.41, 5.74) is 6.27. The molecule has 1 amide bonds. The fraction of sp³-hybridized carbons (Fsp3) is 0.462. The summed E-state index contributed by atoms with van der Waals surface area (Å²) in [4.78, 5) is 12.9. The molecule has 1 atom stereocenters. The molecule has 0 spiro atoms. The van der Waals surface area contributed by atoms with Crippen LogP contribution in [0, 0.1) is 17.8 Å². The van der Waals surface area contributed by atoms with Crippen molar-refractivity contribution < 1.29 is 9.53 Å². The van der Waals surface area contributed by atoms with Crippen LogP contribution in [0.2, 0.25) is 0 Å². The van der Waals surface area contributed by atoms with Crippen molar-refractivity contribution in [2.45, 2.75) is 13.0 Å². The van der Waals surface area contributed by atoms with Crippen LogP contribution in [0.5, 0.6) is 0 Å². The van der Waals surface area contributed by atoms with E-state index in [9.17, 15) is 4.79 Å². The Bertz CT molecular complexity index is 467. The van der Waals surface area contributed by atoms with Crippen molar-refractivity contribution in [2.24, 2.45) is 11.7 Å². The Balaban J connectivity index is 1.82. The Hall–Kier alpha value is -1.35. The average Bonchev–Trinajstić information content (AvgIpc) is 3.04. The number of nitrogens with one attached hydrogen (secondary N) is 1. The van der Waals surface area contributed by atoms with Crippen LogP contribution in [-0.4, -0.2) is 25.7 Å². The molecule has 4 nitrogen and oxygen atoms in total. The van der Waals surface area contributed by atoms with Crippen molar-refractivity contribution in [3.8, 4) is 11.8 Å². The summed E-state index contributed by atoms with van der Waals surface area (Å²) in [6.07, 6.45) is 0.823. The van der Waals surface area contributed by atoms with Gasteiger partial charge in [0.05, 0.1) is 25.6 Å². The van der Waals surface area contributed by atoms with Gasteiger partial charge in [-0.15, -0.1) is 11.3 Å². The van der Waals surface area contributed by atoms with E-state index in [4.69, 9.17) is 10.5 Å². The van der Waals surface area contributed by atoms with E-state index in [-0.39, 0.29) is 11.8 Å². The number of carbonyl (C=O) groups excluding carboxylic acids is 1. The van der Waals surface area contributed by atoms with Gasteiger partial charge in [-0.25, -0.2) is 0 Å². The SMILES string of the molecule is NCC#Cc1csc(CNC(=O)C2CCOC2)c1. The minimum Gasteiger partial charge on any atom is -0.381 e. The lowest BCUT2D eigenvalue weighted by molar-refractivity contribution is -0.125. The van der Waals surface area contributed by atoms with Crippen LogP contribution in [0.15, 0.2) is 11.4 Å². The maximum absolute atomic E-state index is 11.8. The minimum absolute atomic E-state index is 0.0152. The van der Waals surface area contributed by atoms with Gasteiger partial charge >= 0.3 is 0 Å². The van der Waals surface area contributed by atoms with E-state index < -0.39 is 0 Å². The lowest BCUT2D eigenvalue weighted by Gasteiger charge is -2.07. The molecule has 1 unspecified atom stereocenters. The van der Waals surface area contributed by atoms with Crippen LogP contribution in [0.25, 0.3) is 0 Å². The van der Waals surface area contributed by atoms with E-state index in [1.54, 1.807) is 11.3 Å². The predicted molar refractivity (Wildman–Crippen MR) is 71.0 cm³/mol. The Morgan fingerprint density at radius 1 is 1.67 bits per heavy atom. The van der Waals surface area contributed by atoms with E-state index in [1.165, 1.54) is 0 Å². The van der Waals surface area contributed by atoms with Crippen molar-refractivity contribution in [3.63, 3.8) is 0 Å². The first-order valence-electron chi connectivity index (χ1n) is 5.91. The van der Waals surface area contributed by atoms with Crippen molar-refractivity contribution >= 4 is 17.2 Å². The number of carbonyl (C=O) groups is 1. The summed E-state index contributed by atoms with van der Waals surface area (Å²) in [5, 5.41) is 4.90. The van der Waals surface area contributed by atoms with E-state index in [2.05, 4.69) is 17.2 Å². The molecule has 1 aliphatic rings. The maximum Gasteiger partial charge on any atom is 0.225 e. The third kappa shape index (κ3) is 3.57. The van der Waals surface area contributed by atoms with Gasteiger partial charge in [0.15, 0.2) is 0 Å². The lowest BCUT2D eigenvalue weighted by Crippen LogP contribution is -2.30. The van der Waals surface area contributed by atoms with Crippen LogP contribution in [0.3, 0.4) is 0 Å². The van der Waals surface area contributed by atoms with Crippen LogP contribution in [-0.2, 0) is 16.1 Å². The second-order valence-electron chi connectivity index (χ2n) is 4.09. The van der Waals surface area contributed by atoms with Gasteiger partial charge in [-0.2, -0.15) is 0 Å². The molecule has 18 heavy (non-hydrogen) atoms. The Morgan fingerprint density at radius 2 is 2.56 bits per heavy atom. The number of rotatable bonds is 3. The highest BCUT2D eigenvalue weighted by Gasteiger charge is 2.22. The van der Waals surface area contributed by atoms with Crippen LogP contribution < -0.4 is 11.1 Å². The summed E-state index contributed by atoms with van der Waals surface area (Å²) in [5.74, 6) is 5.87. The van der Waals surface area contributed by atoms with E-state index in [0.717, 1.165) is 16.9 Å². The summed E-state index contributed by atoms with van der Waals surface area (Å²) in [7, 11) is 0. The molecule has 0 bridgehead atoms. The van der Waals surface area contributed by atoms with Crippen molar-refractivity contribution in [3.05, 3.63) is 21.9 Å². The molecule has 2 rings (SSSR count). The average molecular weight is 264 g/mol. The van der Waals surface area contributed by atoms with E-state index in [0.29, 0.717) is 26.3 Å². The third-order valence-electron chi connectivity index (χ3n) is 2.73. The number of thiophene rings is 1. The van der Waals surface area contributed by atoms with Crippen LogP contribution in [0.4, 0.5) is 0 Å². The third-order valence-corrected chi connectivity index (χ3v) is 3.66. The molecule has 96 valence electrons. The molecule has 0 radical (unpaired) electrons. The van der Waals surface area contributed by atoms with Crippen molar-refractivity contribution in [1.29, 1.82) is 0 Å². The van der Waals surface area contributed by atoms with Gasteiger partial charge < -0.3 is 15.8 Å². The van der Waals surface area contributed by atoms with Crippen molar-refractivity contribution in [2.75, 3.05) is 19.8 Å². The standard InChI is InChI=1S/C13H16N2O2S/c14-4-1-2-10-6-12(18-9-10)7-15-13(16)11-3-5-17-8-11/h6,9,11H,3-5,7-8,14H2,(H,15,16). The number of ether oxygens (including phenoxy) is 1. The van der Waals surface area contributed by atoms with Gasteiger partial charge in [-0.1, -0.05) is 11.8 Å². The molecule has 5 heteroatoms. The maximum atomic E-state index is 11.8. The molecule has 0 aromatic carbocycles. The van der Waals surface area contributed by atoms with Gasteiger partial charge in [0.1, 0.15) is 0 Å². The number of nitrogens with two attached hydrogens (primary N) is 1. The first-order chi connectivity index (χ1) is 8.79. The topological polar surface area (TPSA) is 64.3 Å². The zero-order valence-corrected chi connectivity index (χ0v) is 10.9. The molecule has 1 aliphatic heterocycles. The summed E-state index contributed by atoms with van der Waals surface area (Å²) in [6, 6.07) is 1.98. The molecule has 1 aromatic rings. The highest BCUT2D eigenvalue weighted by Crippen LogP contribution is 2.15. The molecule has 3 N–H and O–H groups in total. The molecule has 1 fully saturated rings. The fourth-order valence-electron chi connectivity index (χ4n) is 1.75. The molecule has 2 heterocycles. The Labute approximate surface area is 111 Å². The van der Waals surface area contributed by atoms with Crippen molar-refractivity contribution in [1.82, 2.24) is 5.32 Å². The zero-order chi connectivity index (χ0) is 12.8. The minimum atomic E-state index is 0.0152. The highest BCUT2D eigenvalue weighted by atomic mass is 32.1. The van der Waals surface area contributed by atoms with Gasteiger partial charge in [-0.3, -0.25) is 4.79 Å². The van der Waals surface area contributed by atoms with Gasteiger partial charge in [0, 0.05) is 22.4 Å². The molecule has 0 aliphatic carbocycles. The number of amides is 1. The summed E-state index contributed by atoms with van der Waals surface area (Å²) in [6.45, 7) is 2.16. The molecule has 1 saturated heterocycles. The molecule has 0 saturated carbocycles. The van der Waals surface area contributed by atoms with E-state index in [1.807, 2.05) is 11.4 Å². The monoisotopic (exact) mass is 264 g/mol. The molecular formula is C13H16N2O2S. The van der Waals surface area contributed by atoms with E-state index >= 15 is 0 Å². The lowest BCUT2D eigenvalue weighted by atomic mass is 10.1.